The van der Waals surface area contributed by atoms with Crippen molar-refractivity contribution in [2.75, 3.05) is 19.7 Å². The van der Waals surface area contributed by atoms with E-state index in [9.17, 15) is 4.79 Å². The molecule has 2 aliphatic rings. The first-order valence-corrected chi connectivity index (χ1v) is 6.65. The first-order valence-electron chi connectivity index (χ1n) is 6.65. The van der Waals surface area contributed by atoms with Crippen LogP contribution in [0.4, 0.5) is 0 Å². The van der Waals surface area contributed by atoms with Crippen LogP contribution in [0.1, 0.15) is 45.4 Å². The third kappa shape index (κ3) is 3.21. The van der Waals surface area contributed by atoms with Gasteiger partial charge in [-0.3, -0.25) is 4.79 Å². The molecular weight excluding hydrogens is 202 g/mol. The summed E-state index contributed by atoms with van der Waals surface area (Å²) in [5, 5.41) is 0. The molecular formula is C13H23NO2. The van der Waals surface area contributed by atoms with Crippen LogP contribution in [0, 0.1) is 5.92 Å². The van der Waals surface area contributed by atoms with Gasteiger partial charge in [-0.1, -0.05) is 19.8 Å². The highest BCUT2D eigenvalue weighted by Crippen LogP contribution is 2.25. The van der Waals surface area contributed by atoms with Crippen molar-refractivity contribution < 1.29 is 9.53 Å². The maximum atomic E-state index is 11.8. The van der Waals surface area contributed by atoms with Gasteiger partial charge >= 0.3 is 0 Å². The fourth-order valence-corrected chi connectivity index (χ4v) is 2.78. The van der Waals surface area contributed by atoms with Gasteiger partial charge in [0.1, 0.15) is 6.61 Å². The Morgan fingerprint density at radius 3 is 2.69 bits per heavy atom. The van der Waals surface area contributed by atoms with Gasteiger partial charge in [0, 0.05) is 13.1 Å². The summed E-state index contributed by atoms with van der Waals surface area (Å²) >= 11 is 0. The molecule has 16 heavy (non-hydrogen) atoms. The summed E-state index contributed by atoms with van der Waals surface area (Å²) in [7, 11) is 0. The average Bonchev–Trinajstić information content (AvgIpc) is 2.79. The molecule has 2 fully saturated rings. The van der Waals surface area contributed by atoms with Crippen LogP contribution in [0.2, 0.25) is 0 Å². The minimum atomic E-state index is 0.190. The summed E-state index contributed by atoms with van der Waals surface area (Å²) in [6, 6.07) is 0. The molecule has 3 nitrogen and oxygen atoms in total. The van der Waals surface area contributed by atoms with E-state index in [-0.39, 0.29) is 5.91 Å². The van der Waals surface area contributed by atoms with Gasteiger partial charge in [0.25, 0.3) is 0 Å². The molecule has 3 heteroatoms. The lowest BCUT2D eigenvalue weighted by atomic mass is 9.89. The zero-order chi connectivity index (χ0) is 11.4. The van der Waals surface area contributed by atoms with Crippen molar-refractivity contribution >= 4 is 5.91 Å². The standard InChI is InChI=1S/C13H23NO2/c1-11-5-4-6-12(9-11)16-10-13(15)14-7-2-3-8-14/h11-12H,2-10H2,1H3. The number of carbonyl (C=O) groups excluding carboxylic acids is 1. The largest absolute Gasteiger partial charge is 0.368 e. The van der Waals surface area contributed by atoms with E-state index in [1.54, 1.807) is 0 Å². The van der Waals surface area contributed by atoms with Crippen molar-refractivity contribution in [2.45, 2.75) is 51.6 Å². The summed E-state index contributed by atoms with van der Waals surface area (Å²) in [5.74, 6) is 0.955. The van der Waals surface area contributed by atoms with E-state index in [1.165, 1.54) is 12.8 Å². The summed E-state index contributed by atoms with van der Waals surface area (Å²) < 4.78 is 5.74. The quantitative estimate of drug-likeness (QED) is 0.737. The molecule has 0 aromatic rings. The summed E-state index contributed by atoms with van der Waals surface area (Å²) in [4.78, 5) is 13.7. The van der Waals surface area contributed by atoms with E-state index < -0.39 is 0 Å². The van der Waals surface area contributed by atoms with Crippen molar-refractivity contribution in [2.24, 2.45) is 5.92 Å². The second-order valence-corrected chi connectivity index (χ2v) is 5.29. The number of nitrogens with zero attached hydrogens (tertiary/aromatic N) is 1. The van der Waals surface area contributed by atoms with Crippen LogP contribution in [0.25, 0.3) is 0 Å². The molecule has 1 amide bonds. The zero-order valence-electron chi connectivity index (χ0n) is 10.3. The van der Waals surface area contributed by atoms with Gasteiger partial charge in [-0.05, 0) is 31.6 Å². The lowest BCUT2D eigenvalue weighted by Gasteiger charge is -2.27. The molecule has 1 heterocycles. The van der Waals surface area contributed by atoms with Crippen molar-refractivity contribution in [3.8, 4) is 0 Å². The van der Waals surface area contributed by atoms with Gasteiger partial charge in [-0.15, -0.1) is 0 Å². The molecule has 0 aromatic heterocycles. The first-order chi connectivity index (χ1) is 7.75. The fourth-order valence-electron chi connectivity index (χ4n) is 2.78. The van der Waals surface area contributed by atoms with Crippen molar-refractivity contribution in [3.05, 3.63) is 0 Å². The lowest BCUT2D eigenvalue weighted by molar-refractivity contribution is -0.138. The second kappa shape index (κ2) is 5.67. The van der Waals surface area contributed by atoms with E-state index in [4.69, 9.17) is 4.74 Å². The van der Waals surface area contributed by atoms with E-state index in [2.05, 4.69) is 6.92 Å². The molecule has 0 bridgehead atoms. The number of rotatable bonds is 3. The Morgan fingerprint density at radius 1 is 1.25 bits per heavy atom. The Labute approximate surface area is 98.1 Å². The lowest BCUT2D eigenvalue weighted by Crippen LogP contribution is -2.33. The fraction of sp³-hybridized carbons (Fsp3) is 0.923. The minimum absolute atomic E-state index is 0.190. The molecule has 0 spiro atoms. The summed E-state index contributed by atoms with van der Waals surface area (Å²) in [6.45, 7) is 4.45. The first kappa shape index (κ1) is 11.9. The highest BCUT2D eigenvalue weighted by atomic mass is 16.5. The molecule has 1 saturated carbocycles. The Bertz CT molecular complexity index is 236. The monoisotopic (exact) mass is 225 g/mol. The molecule has 92 valence electrons. The third-order valence-corrected chi connectivity index (χ3v) is 3.79. The molecule has 1 aliphatic carbocycles. The SMILES string of the molecule is CC1CCCC(OCC(=O)N2CCCC2)C1. The maximum Gasteiger partial charge on any atom is 0.248 e. The number of amides is 1. The van der Waals surface area contributed by atoms with Gasteiger partial charge in [0.2, 0.25) is 5.91 Å². The third-order valence-electron chi connectivity index (χ3n) is 3.79. The Morgan fingerprint density at radius 2 is 2.00 bits per heavy atom. The number of carbonyl (C=O) groups is 1. The van der Waals surface area contributed by atoms with Gasteiger partial charge in [-0.25, -0.2) is 0 Å². The van der Waals surface area contributed by atoms with Crippen LogP contribution in [0.5, 0.6) is 0 Å². The average molecular weight is 225 g/mol. The predicted molar refractivity (Wildman–Crippen MR) is 63.2 cm³/mol. The van der Waals surface area contributed by atoms with E-state index in [0.717, 1.165) is 44.7 Å². The van der Waals surface area contributed by atoms with Gasteiger partial charge in [0.15, 0.2) is 0 Å². The second-order valence-electron chi connectivity index (χ2n) is 5.29. The number of hydrogen-bond acceptors (Lipinski definition) is 2. The molecule has 2 rings (SSSR count). The van der Waals surface area contributed by atoms with Crippen molar-refractivity contribution in [1.82, 2.24) is 4.90 Å². The Balaban J connectivity index is 1.67. The van der Waals surface area contributed by atoms with E-state index in [1.807, 2.05) is 4.90 Å². The Kier molecular flexibility index (Phi) is 4.22. The van der Waals surface area contributed by atoms with Gasteiger partial charge < -0.3 is 9.64 Å². The highest BCUT2D eigenvalue weighted by molar-refractivity contribution is 5.77. The van der Waals surface area contributed by atoms with Crippen LogP contribution in [-0.2, 0) is 9.53 Å². The maximum absolute atomic E-state index is 11.8. The molecule has 0 radical (unpaired) electrons. The topological polar surface area (TPSA) is 29.5 Å². The number of likely N-dealkylation sites (tertiary alicyclic amines) is 1. The Hall–Kier alpha value is -0.570. The normalized spacial score (nSPS) is 30.7. The molecule has 2 atom stereocenters. The van der Waals surface area contributed by atoms with E-state index >= 15 is 0 Å². The van der Waals surface area contributed by atoms with Crippen LogP contribution in [-0.4, -0.2) is 36.6 Å². The molecule has 2 unspecified atom stereocenters. The smallest absolute Gasteiger partial charge is 0.248 e. The molecule has 1 saturated heterocycles. The van der Waals surface area contributed by atoms with Gasteiger partial charge in [0.05, 0.1) is 6.10 Å². The molecule has 1 aliphatic heterocycles. The van der Waals surface area contributed by atoms with Crippen LogP contribution in [0.15, 0.2) is 0 Å². The van der Waals surface area contributed by atoms with Crippen molar-refractivity contribution in [3.63, 3.8) is 0 Å². The molecule has 0 aromatic carbocycles. The van der Waals surface area contributed by atoms with Crippen LogP contribution >= 0.6 is 0 Å². The number of hydrogen-bond donors (Lipinski definition) is 0. The summed E-state index contributed by atoms with van der Waals surface area (Å²) in [6.07, 6.45) is 7.49. The van der Waals surface area contributed by atoms with Crippen LogP contribution < -0.4 is 0 Å². The number of ether oxygens (including phenoxy) is 1. The predicted octanol–water partition coefficient (Wildman–Crippen LogP) is 2.20. The summed E-state index contributed by atoms with van der Waals surface area (Å²) in [5.41, 5.74) is 0. The van der Waals surface area contributed by atoms with Gasteiger partial charge in [-0.2, -0.15) is 0 Å². The van der Waals surface area contributed by atoms with Crippen molar-refractivity contribution in [1.29, 1.82) is 0 Å². The zero-order valence-corrected chi connectivity index (χ0v) is 10.3. The van der Waals surface area contributed by atoms with E-state index in [0.29, 0.717) is 12.7 Å². The minimum Gasteiger partial charge on any atom is -0.368 e. The van der Waals surface area contributed by atoms with Crippen LogP contribution in [0.3, 0.4) is 0 Å². The highest BCUT2D eigenvalue weighted by Gasteiger charge is 2.22. The molecule has 0 N–H and O–H groups in total.